The summed E-state index contributed by atoms with van der Waals surface area (Å²) in [5, 5.41) is 207. The van der Waals surface area contributed by atoms with Crippen LogP contribution >= 0.6 is 0 Å². The lowest BCUT2D eigenvalue weighted by molar-refractivity contribution is -0.367. The van der Waals surface area contributed by atoms with E-state index in [2.05, 4.69) is 47.6 Å². The van der Waals surface area contributed by atoms with Gasteiger partial charge in [0.05, 0.1) is 88.0 Å². The molecule has 6 saturated heterocycles. The first-order valence-corrected chi connectivity index (χ1v) is 34.7. The molecule has 6 heterocycles. The van der Waals surface area contributed by atoms with Crippen LogP contribution in [0.2, 0.25) is 0 Å². The third-order valence-electron chi connectivity index (χ3n) is 24.5. The smallest absolute Gasteiger partial charge is 0.187 e. The minimum absolute atomic E-state index is 0.0115. The highest BCUT2D eigenvalue weighted by molar-refractivity contribution is 5.32. The van der Waals surface area contributed by atoms with E-state index in [4.69, 9.17) is 56.8 Å². The van der Waals surface area contributed by atoms with Crippen molar-refractivity contribution in [1.29, 1.82) is 0 Å². The molecule has 9 fully saturated rings. The van der Waals surface area contributed by atoms with E-state index in [1.54, 1.807) is 13.8 Å². The SMILES string of the molecule is C[C@H](CC[C@@H](O[C@@H]1O[C@H](CO[C@@H]2O[C@H](CO[C@@H]3O[C@H](CO)[C@@H](O)[C@H](O)[C@H]3O)[C@@H](O)[C@H](O)[C@H]2O)[C@@H](O)[C@H](O)[C@H]1O[C@H]1C[C@@H](O)C[C@@H](CO)O1)C(C)(C)O)[C@H]1CC[C@@]2(C)[C@@H]3CC=C4[C@@H](CC[C@H](O[C@@H]5O[C@H](CO[C@@H]6O[C@H](CO)C[C@H](O)[C@H]6O)[C@@H](O)[C@H](O)[C@H]5O)C4(C)C)[C@]3(C)[C@H](O)C[C@]12C. The van der Waals surface area contributed by atoms with Gasteiger partial charge in [-0.25, -0.2) is 0 Å². The van der Waals surface area contributed by atoms with Gasteiger partial charge in [-0.1, -0.05) is 53.2 Å². The molecule has 31 nitrogen and oxygen atoms in total. The summed E-state index contributed by atoms with van der Waals surface area (Å²) in [6, 6.07) is 0. The second-order valence-electron chi connectivity index (χ2n) is 31.3. The van der Waals surface area contributed by atoms with E-state index < -0.39 is 240 Å². The Hall–Kier alpha value is -1.50. The van der Waals surface area contributed by atoms with E-state index >= 15 is 0 Å². The largest absolute Gasteiger partial charge is 0.394 e. The molecule has 0 unspecified atom stereocenters. The normalized spacial score (nSPS) is 51.0. The van der Waals surface area contributed by atoms with Crippen molar-refractivity contribution in [3.05, 3.63) is 11.6 Å². The third kappa shape index (κ3) is 15.2. The Morgan fingerprint density at radius 3 is 1.61 bits per heavy atom. The highest BCUT2D eigenvalue weighted by Crippen LogP contribution is 2.75. The number of ether oxygens (including phenoxy) is 12. The van der Waals surface area contributed by atoms with Gasteiger partial charge in [-0.3, -0.25) is 0 Å². The van der Waals surface area contributed by atoms with E-state index in [0.717, 1.165) is 18.4 Å². The van der Waals surface area contributed by atoms with Gasteiger partial charge in [0.25, 0.3) is 0 Å². The quantitative estimate of drug-likeness (QED) is 0.0429. The Labute approximate surface area is 564 Å². The second-order valence-corrected chi connectivity index (χ2v) is 31.3. The fourth-order valence-electron chi connectivity index (χ4n) is 18.3. The molecule has 3 saturated carbocycles. The van der Waals surface area contributed by atoms with Crippen LogP contribution in [0.4, 0.5) is 0 Å². The van der Waals surface area contributed by atoms with Gasteiger partial charge in [-0.2, -0.15) is 0 Å². The molecule has 6 aliphatic heterocycles. The number of hydrogen-bond acceptors (Lipinski definition) is 31. The fourth-order valence-corrected chi connectivity index (χ4v) is 18.3. The monoisotopic (exact) mass is 1400 g/mol. The highest BCUT2D eigenvalue weighted by Gasteiger charge is 2.71. The molecule has 0 aromatic carbocycles. The summed E-state index contributed by atoms with van der Waals surface area (Å²) >= 11 is 0. The van der Waals surface area contributed by atoms with Gasteiger partial charge in [0.15, 0.2) is 37.7 Å². The van der Waals surface area contributed by atoms with Crippen molar-refractivity contribution in [1.82, 2.24) is 0 Å². The van der Waals surface area contributed by atoms with E-state index in [1.807, 2.05) is 0 Å². The topological polar surface area (TPSA) is 495 Å². The molecule has 97 heavy (non-hydrogen) atoms. The minimum Gasteiger partial charge on any atom is -0.394 e. The zero-order valence-corrected chi connectivity index (χ0v) is 56.6. The van der Waals surface area contributed by atoms with Gasteiger partial charge in [0.1, 0.15) is 104 Å². The molecular formula is C66H112O31. The van der Waals surface area contributed by atoms with Crippen LogP contribution in [-0.2, 0) is 56.8 Å². The van der Waals surface area contributed by atoms with Crippen LogP contribution in [0.5, 0.6) is 0 Å². The predicted octanol–water partition coefficient (Wildman–Crippen LogP) is -4.50. The lowest BCUT2D eigenvalue weighted by Crippen LogP contribution is -2.65. The molecule has 0 bridgehead atoms. The standard InChI is InChI=1S/C66H112O31/c1-27(31-15-16-64(6)39-12-10-32-33(66(39,8)40(72)20-65(31,64)7)11-14-41(62(32,2)3)95-60-55(84)51(80)47(76)37(93-60)25-86-57-44(73)34(71)19-30(22-68)90-57)9-13-42(63(4,5)85)96-61-56(97-43-18-28(70)17-29(21-67)89-43)52(81)48(77)38(94-61)26-88-59-54(83)50(79)46(75)36(92-59)24-87-58-53(82)49(78)45(74)35(23-69)91-58/h10,27-31,33-61,67-85H,9,11-26H2,1-8H3/t27-,28+,29+,30+,31-,33-,34+,35-,36-,37-,38-,39+,40-,41+,42-,43+,44-,45-,46-,47-,48-,49+,50+,51+,52+,53-,54-,55-,56-,57-,58-,59-,60+,61+,64+,65-,66+/m1/s1. The van der Waals surface area contributed by atoms with Crippen LogP contribution in [0.1, 0.15) is 126 Å². The summed E-state index contributed by atoms with van der Waals surface area (Å²) in [6.07, 6.45) is -36.4. The molecular weight excluding hydrogens is 1290 g/mol. The fraction of sp³-hybridized carbons (Fsp3) is 0.970. The molecule has 10 aliphatic rings. The first-order valence-electron chi connectivity index (χ1n) is 34.7. The molecule has 4 aliphatic carbocycles. The zero-order valence-electron chi connectivity index (χ0n) is 56.6. The average Bonchev–Trinajstić information content (AvgIpc) is 1.65. The van der Waals surface area contributed by atoms with Crippen molar-refractivity contribution in [2.75, 3.05) is 39.6 Å². The van der Waals surface area contributed by atoms with E-state index in [-0.39, 0.29) is 60.2 Å². The number of aliphatic hydroxyl groups is 19. The molecule has 0 amide bonds. The Bertz CT molecular complexity index is 2570. The Balaban J connectivity index is 0.805. The summed E-state index contributed by atoms with van der Waals surface area (Å²) in [5.41, 5.74) is -2.35. The summed E-state index contributed by atoms with van der Waals surface area (Å²) in [6.45, 7) is 12.9. The number of aliphatic hydroxyl groups excluding tert-OH is 18. The minimum atomic E-state index is -1.92. The van der Waals surface area contributed by atoms with Gasteiger partial charge in [0.2, 0.25) is 0 Å². The molecule has 31 heteroatoms. The van der Waals surface area contributed by atoms with Crippen LogP contribution in [0.25, 0.3) is 0 Å². The Kier molecular flexibility index (Phi) is 24.9. The van der Waals surface area contributed by atoms with Gasteiger partial charge in [-0.15, -0.1) is 0 Å². The maximum atomic E-state index is 12.9. The van der Waals surface area contributed by atoms with Crippen LogP contribution in [-0.4, -0.2) is 327 Å². The molecule has 0 aromatic heterocycles. The van der Waals surface area contributed by atoms with Crippen LogP contribution in [0, 0.1) is 45.3 Å². The van der Waals surface area contributed by atoms with Crippen LogP contribution < -0.4 is 0 Å². The van der Waals surface area contributed by atoms with Crippen molar-refractivity contribution < 1.29 is 154 Å². The predicted molar refractivity (Wildman–Crippen MR) is 329 cm³/mol. The average molecular weight is 1400 g/mol. The molecule has 0 aromatic rings. The summed E-state index contributed by atoms with van der Waals surface area (Å²) in [7, 11) is 0. The molecule has 10 rings (SSSR count). The Morgan fingerprint density at radius 2 is 1.04 bits per heavy atom. The van der Waals surface area contributed by atoms with E-state index in [1.165, 1.54) is 0 Å². The van der Waals surface area contributed by atoms with E-state index in [0.29, 0.717) is 32.1 Å². The van der Waals surface area contributed by atoms with Crippen molar-refractivity contribution >= 4 is 0 Å². The first kappa shape index (κ1) is 78.1. The van der Waals surface area contributed by atoms with Gasteiger partial charge >= 0.3 is 0 Å². The third-order valence-corrected chi connectivity index (χ3v) is 24.5. The Morgan fingerprint density at radius 1 is 0.526 bits per heavy atom. The number of rotatable bonds is 23. The molecule has 562 valence electrons. The van der Waals surface area contributed by atoms with Crippen LogP contribution in [0.3, 0.4) is 0 Å². The van der Waals surface area contributed by atoms with Crippen molar-refractivity contribution in [2.24, 2.45) is 45.3 Å². The molecule has 19 N–H and O–H groups in total. The zero-order chi connectivity index (χ0) is 70.9. The van der Waals surface area contributed by atoms with Crippen LogP contribution in [0.15, 0.2) is 11.6 Å². The first-order chi connectivity index (χ1) is 45.5. The number of hydrogen-bond donors (Lipinski definition) is 19. The molecule has 0 radical (unpaired) electrons. The van der Waals surface area contributed by atoms with Crippen molar-refractivity contribution in [3.8, 4) is 0 Å². The van der Waals surface area contributed by atoms with E-state index in [9.17, 15) is 97.0 Å². The van der Waals surface area contributed by atoms with Gasteiger partial charge < -0.3 is 154 Å². The lowest BCUT2D eigenvalue weighted by Gasteiger charge is -2.67. The summed E-state index contributed by atoms with van der Waals surface area (Å²) < 4.78 is 71.9. The number of allylic oxidation sites excluding steroid dienone is 1. The summed E-state index contributed by atoms with van der Waals surface area (Å²) in [5.74, 6) is 0.0684. The maximum Gasteiger partial charge on any atom is 0.187 e. The lowest BCUT2D eigenvalue weighted by atomic mass is 9.38. The summed E-state index contributed by atoms with van der Waals surface area (Å²) in [4.78, 5) is 0. The molecule has 37 atom stereocenters. The number of fused-ring (bicyclic) bond motifs is 5. The molecule has 0 spiro atoms. The second kappa shape index (κ2) is 30.9. The van der Waals surface area contributed by atoms with Gasteiger partial charge in [-0.05, 0) is 99.7 Å². The van der Waals surface area contributed by atoms with Crippen molar-refractivity contribution in [3.63, 3.8) is 0 Å². The van der Waals surface area contributed by atoms with Crippen molar-refractivity contribution in [2.45, 2.75) is 316 Å². The maximum absolute atomic E-state index is 12.9. The van der Waals surface area contributed by atoms with Gasteiger partial charge in [0, 0.05) is 30.1 Å². The highest BCUT2D eigenvalue weighted by atomic mass is 16.8.